The van der Waals surface area contributed by atoms with Crippen molar-refractivity contribution in [1.82, 2.24) is 15.0 Å². The van der Waals surface area contributed by atoms with Gasteiger partial charge in [0.25, 0.3) is 0 Å². The molecule has 0 amide bonds. The Morgan fingerprint density at radius 2 is 2.33 bits per heavy atom. The van der Waals surface area contributed by atoms with Crippen molar-refractivity contribution in [3.63, 3.8) is 0 Å². The second-order valence-corrected chi connectivity index (χ2v) is 3.08. The molecule has 0 aliphatic rings. The van der Waals surface area contributed by atoms with Crippen LogP contribution in [0.3, 0.4) is 0 Å². The average Bonchev–Trinajstić information content (AvgIpc) is 2.53. The summed E-state index contributed by atoms with van der Waals surface area (Å²) in [5, 5.41) is 7.84. The summed E-state index contributed by atoms with van der Waals surface area (Å²) in [6.07, 6.45) is 5.55. The Kier molecular flexibility index (Phi) is 4.08. The third kappa shape index (κ3) is 2.81. The van der Waals surface area contributed by atoms with Crippen molar-refractivity contribution in [3.8, 4) is 0 Å². The van der Waals surface area contributed by atoms with Gasteiger partial charge in [0.15, 0.2) is 0 Å². The van der Waals surface area contributed by atoms with Crippen molar-refractivity contribution in [1.29, 1.82) is 0 Å². The molecular formula is C8H14ClN3. The summed E-state index contributed by atoms with van der Waals surface area (Å²) >= 11 is 5.59. The van der Waals surface area contributed by atoms with Crippen molar-refractivity contribution in [2.75, 3.05) is 0 Å². The maximum atomic E-state index is 5.59. The van der Waals surface area contributed by atoms with Gasteiger partial charge >= 0.3 is 0 Å². The zero-order chi connectivity index (χ0) is 8.81. The third-order valence-corrected chi connectivity index (χ3v) is 1.99. The van der Waals surface area contributed by atoms with E-state index in [4.69, 9.17) is 11.6 Å². The molecule has 0 unspecified atom stereocenters. The third-order valence-electron chi connectivity index (χ3n) is 1.71. The highest BCUT2D eigenvalue weighted by atomic mass is 35.5. The number of aromatic nitrogens is 3. The van der Waals surface area contributed by atoms with E-state index < -0.39 is 0 Å². The van der Waals surface area contributed by atoms with Gasteiger partial charge in [0.2, 0.25) is 0 Å². The Morgan fingerprint density at radius 1 is 1.50 bits per heavy atom. The summed E-state index contributed by atoms with van der Waals surface area (Å²) < 4.78 is 1.85. The number of unbranched alkanes of at least 4 members (excludes halogenated alkanes) is 2. The SMILES string of the molecule is CCCCCn1cc(CCl)nn1. The van der Waals surface area contributed by atoms with Crippen LogP contribution < -0.4 is 0 Å². The summed E-state index contributed by atoms with van der Waals surface area (Å²) in [4.78, 5) is 0. The van der Waals surface area contributed by atoms with Crippen molar-refractivity contribution in [3.05, 3.63) is 11.9 Å². The quantitative estimate of drug-likeness (QED) is 0.523. The van der Waals surface area contributed by atoms with E-state index in [1.54, 1.807) is 0 Å². The molecular weight excluding hydrogens is 174 g/mol. The first-order valence-corrected chi connectivity index (χ1v) is 4.85. The standard InChI is InChI=1S/C8H14ClN3/c1-2-3-4-5-12-7-8(6-9)10-11-12/h7H,2-6H2,1H3. The van der Waals surface area contributed by atoms with E-state index >= 15 is 0 Å². The molecule has 0 saturated carbocycles. The molecule has 3 nitrogen and oxygen atoms in total. The predicted octanol–water partition coefficient (Wildman–Crippen LogP) is 2.21. The largest absolute Gasteiger partial charge is 0.252 e. The maximum absolute atomic E-state index is 5.59. The summed E-state index contributed by atoms with van der Waals surface area (Å²) in [7, 11) is 0. The maximum Gasteiger partial charge on any atom is 0.0974 e. The fraction of sp³-hybridized carbons (Fsp3) is 0.750. The fourth-order valence-corrected chi connectivity index (χ4v) is 1.16. The predicted molar refractivity (Wildman–Crippen MR) is 49.1 cm³/mol. The first-order valence-electron chi connectivity index (χ1n) is 4.31. The van der Waals surface area contributed by atoms with Gasteiger partial charge in [0, 0.05) is 12.7 Å². The second kappa shape index (κ2) is 5.14. The lowest BCUT2D eigenvalue weighted by atomic mass is 10.2. The molecule has 0 spiro atoms. The molecule has 0 N–H and O–H groups in total. The molecule has 0 saturated heterocycles. The number of alkyl halides is 1. The first kappa shape index (κ1) is 9.52. The Morgan fingerprint density at radius 3 is 2.92 bits per heavy atom. The van der Waals surface area contributed by atoms with Crippen LogP contribution in [0.1, 0.15) is 31.9 Å². The number of nitrogens with zero attached hydrogens (tertiary/aromatic N) is 3. The smallest absolute Gasteiger partial charge is 0.0974 e. The number of aryl methyl sites for hydroxylation is 1. The molecule has 4 heteroatoms. The van der Waals surface area contributed by atoms with Gasteiger partial charge in [-0.25, -0.2) is 0 Å². The molecule has 0 bridgehead atoms. The highest BCUT2D eigenvalue weighted by molar-refractivity contribution is 6.16. The van der Waals surface area contributed by atoms with E-state index in [-0.39, 0.29) is 0 Å². The lowest BCUT2D eigenvalue weighted by molar-refractivity contribution is 0.537. The normalized spacial score (nSPS) is 10.5. The van der Waals surface area contributed by atoms with Crippen molar-refractivity contribution < 1.29 is 0 Å². The van der Waals surface area contributed by atoms with Gasteiger partial charge in [0.05, 0.1) is 11.6 Å². The van der Waals surface area contributed by atoms with Gasteiger partial charge in [-0.2, -0.15) is 0 Å². The molecule has 0 atom stereocenters. The van der Waals surface area contributed by atoms with Gasteiger partial charge in [-0.15, -0.1) is 16.7 Å². The highest BCUT2D eigenvalue weighted by Crippen LogP contribution is 2.00. The lowest BCUT2D eigenvalue weighted by Crippen LogP contribution is -1.98. The summed E-state index contributed by atoms with van der Waals surface area (Å²) in [6.45, 7) is 3.14. The molecule has 0 aliphatic carbocycles. The molecule has 68 valence electrons. The van der Waals surface area contributed by atoms with Crippen molar-refractivity contribution in [2.24, 2.45) is 0 Å². The Hall–Kier alpha value is -0.570. The zero-order valence-corrected chi connectivity index (χ0v) is 8.09. The minimum Gasteiger partial charge on any atom is -0.252 e. The number of halogens is 1. The molecule has 0 aliphatic heterocycles. The van der Waals surface area contributed by atoms with Crippen molar-refractivity contribution in [2.45, 2.75) is 38.6 Å². The van der Waals surface area contributed by atoms with Crippen molar-refractivity contribution >= 4 is 11.6 Å². The number of hydrogen-bond donors (Lipinski definition) is 0. The van der Waals surface area contributed by atoms with Crippen LogP contribution in [-0.2, 0) is 12.4 Å². The van der Waals surface area contributed by atoms with E-state index in [0.717, 1.165) is 12.2 Å². The Bertz CT molecular complexity index is 222. The molecule has 0 fully saturated rings. The lowest BCUT2D eigenvalue weighted by Gasteiger charge is -1.96. The molecule has 1 aromatic rings. The van der Waals surface area contributed by atoms with Gasteiger partial charge < -0.3 is 0 Å². The van der Waals surface area contributed by atoms with Gasteiger partial charge in [-0.05, 0) is 6.42 Å². The van der Waals surface area contributed by atoms with Gasteiger partial charge in [-0.1, -0.05) is 25.0 Å². The zero-order valence-electron chi connectivity index (χ0n) is 7.33. The molecule has 0 radical (unpaired) electrons. The Balaban J connectivity index is 2.31. The molecule has 12 heavy (non-hydrogen) atoms. The average molecular weight is 188 g/mol. The van der Waals surface area contributed by atoms with Crippen LogP contribution >= 0.6 is 11.6 Å². The summed E-state index contributed by atoms with van der Waals surface area (Å²) in [5.41, 5.74) is 0.855. The molecule has 1 heterocycles. The van der Waals surface area contributed by atoms with Crippen LogP contribution in [0.15, 0.2) is 6.20 Å². The summed E-state index contributed by atoms with van der Waals surface area (Å²) in [5.74, 6) is 0.452. The van der Waals surface area contributed by atoms with Crippen LogP contribution in [0.5, 0.6) is 0 Å². The second-order valence-electron chi connectivity index (χ2n) is 2.81. The first-order chi connectivity index (χ1) is 5.86. The van der Waals surface area contributed by atoms with E-state index in [9.17, 15) is 0 Å². The van der Waals surface area contributed by atoms with Crippen LogP contribution in [-0.4, -0.2) is 15.0 Å². The van der Waals surface area contributed by atoms with Crippen LogP contribution in [0.2, 0.25) is 0 Å². The number of rotatable bonds is 5. The minimum atomic E-state index is 0.452. The van der Waals surface area contributed by atoms with Crippen LogP contribution in [0.25, 0.3) is 0 Å². The van der Waals surface area contributed by atoms with E-state index in [2.05, 4.69) is 17.2 Å². The molecule has 1 aromatic heterocycles. The topological polar surface area (TPSA) is 30.7 Å². The fourth-order valence-electron chi connectivity index (χ4n) is 1.03. The van der Waals surface area contributed by atoms with E-state index in [0.29, 0.717) is 5.88 Å². The van der Waals surface area contributed by atoms with Crippen LogP contribution in [0, 0.1) is 0 Å². The Labute approximate surface area is 77.7 Å². The number of hydrogen-bond acceptors (Lipinski definition) is 2. The minimum absolute atomic E-state index is 0.452. The van der Waals surface area contributed by atoms with Gasteiger partial charge in [-0.3, -0.25) is 4.68 Å². The van der Waals surface area contributed by atoms with E-state index in [1.807, 2.05) is 10.9 Å². The highest BCUT2D eigenvalue weighted by Gasteiger charge is 1.97. The molecule has 1 rings (SSSR count). The molecule has 0 aromatic carbocycles. The van der Waals surface area contributed by atoms with Crippen LogP contribution in [0.4, 0.5) is 0 Å². The van der Waals surface area contributed by atoms with E-state index in [1.165, 1.54) is 19.3 Å². The summed E-state index contributed by atoms with van der Waals surface area (Å²) in [6, 6.07) is 0. The monoisotopic (exact) mass is 187 g/mol. The van der Waals surface area contributed by atoms with Gasteiger partial charge in [0.1, 0.15) is 0 Å².